The van der Waals surface area contributed by atoms with Gasteiger partial charge < -0.3 is 9.52 Å². The van der Waals surface area contributed by atoms with E-state index < -0.39 is 37.1 Å². The first-order valence-corrected chi connectivity index (χ1v) is 9.33. The molecule has 21 heavy (non-hydrogen) atoms. The quantitative estimate of drug-likeness (QED) is 0.799. The Hall–Kier alpha value is -1.39. The first-order valence-electron chi connectivity index (χ1n) is 6.02. The van der Waals surface area contributed by atoms with Crippen molar-refractivity contribution in [2.45, 2.75) is 30.7 Å². The lowest BCUT2D eigenvalue weighted by Crippen LogP contribution is -2.46. The number of carbonyl (C=O) groups is 1. The summed E-state index contributed by atoms with van der Waals surface area (Å²) in [5.41, 5.74) is -1.11. The number of aromatic carboxylic acids is 1. The van der Waals surface area contributed by atoms with Gasteiger partial charge in [-0.05, 0) is 20.3 Å². The van der Waals surface area contributed by atoms with Crippen molar-refractivity contribution < 1.29 is 31.2 Å². The van der Waals surface area contributed by atoms with E-state index in [1.165, 1.54) is 13.8 Å². The molecule has 0 spiro atoms. The molecule has 1 fully saturated rings. The summed E-state index contributed by atoms with van der Waals surface area (Å²) in [4.78, 5) is 10.5. The second-order valence-corrected chi connectivity index (χ2v) is 9.18. The van der Waals surface area contributed by atoms with Crippen molar-refractivity contribution in [3.63, 3.8) is 0 Å². The Morgan fingerprint density at radius 1 is 1.48 bits per heavy atom. The summed E-state index contributed by atoms with van der Waals surface area (Å²) < 4.78 is 54.8. The predicted octanol–water partition coefficient (Wildman–Crippen LogP) is 0.142. The van der Waals surface area contributed by atoms with Crippen LogP contribution in [0, 0.1) is 6.92 Å². The Labute approximate surface area is 122 Å². The summed E-state index contributed by atoms with van der Waals surface area (Å²) in [7, 11) is -7.34. The monoisotopic (exact) mass is 337 g/mol. The van der Waals surface area contributed by atoms with Crippen LogP contribution in [0.3, 0.4) is 0 Å². The van der Waals surface area contributed by atoms with Gasteiger partial charge in [0.05, 0.1) is 11.5 Å². The van der Waals surface area contributed by atoms with Crippen LogP contribution in [0.15, 0.2) is 15.4 Å². The van der Waals surface area contributed by atoms with E-state index in [1.807, 2.05) is 0 Å². The average Bonchev–Trinajstić information content (AvgIpc) is 2.79. The van der Waals surface area contributed by atoms with E-state index >= 15 is 0 Å². The van der Waals surface area contributed by atoms with Crippen LogP contribution in [-0.2, 0) is 19.9 Å². The molecular weight excluding hydrogens is 322 g/mol. The SMILES string of the molecule is Cc1oc(C(=O)O)cc1S(=O)(=O)NC1(C)CCS(=O)(=O)C1. The van der Waals surface area contributed by atoms with Gasteiger partial charge in [0.25, 0.3) is 0 Å². The Balaban J connectivity index is 2.33. The Bertz CT molecular complexity index is 791. The fourth-order valence-corrected chi connectivity index (χ4v) is 6.11. The fraction of sp³-hybridized carbons (Fsp3) is 0.545. The smallest absolute Gasteiger partial charge is 0.371 e. The summed E-state index contributed by atoms with van der Waals surface area (Å²) >= 11 is 0. The van der Waals surface area contributed by atoms with Crippen LogP contribution in [0.1, 0.15) is 29.7 Å². The molecule has 118 valence electrons. The van der Waals surface area contributed by atoms with Crippen LogP contribution in [0.5, 0.6) is 0 Å². The van der Waals surface area contributed by atoms with Gasteiger partial charge in [-0.1, -0.05) is 0 Å². The molecule has 2 heterocycles. The summed E-state index contributed by atoms with van der Waals surface area (Å²) in [6.07, 6.45) is 0.164. The number of carboxylic acid groups (broad SMARTS) is 1. The normalized spacial score (nSPS) is 25.0. The van der Waals surface area contributed by atoms with Gasteiger partial charge >= 0.3 is 5.97 Å². The number of hydrogen-bond donors (Lipinski definition) is 2. The molecule has 1 aromatic heterocycles. The van der Waals surface area contributed by atoms with Crippen molar-refractivity contribution in [3.8, 4) is 0 Å². The van der Waals surface area contributed by atoms with Crippen LogP contribution >= 0.6 is 0 Å². The molecule has 1 atom stereocenters. The number of hydrogen-bond acceptors (Lipinski definition) is 6. The lowest BCUT2D eigenvalue weighted by molar-refractivity contribution is 0.0661. The van der Waals surface area contributed by atoms with Gasteiger partial charge in [0.2, 0.25) is 15.8 Å². The second-order valence-electron chi connectivity index (χ2n) is 5.34. The van der Waals surface area contributed by atoms with Crippen molar-refractivity contribution in [1.82, 2.24) is 4.72 Å². The van der Waals surface area contributed by atoms with Crippen molar-refractivity contribution in [3.05, 3.63) is 17.6 Å². The molecule has 1 aliphatic heterocycles. The van der Waals surface area contributed by atoms with Crippen molar-refractivity contribution in [2.75, 3.05) is 11.5 Å². The summed E-state index contributed by atoms with van der Waals surface area (Å²) in [6, 6.07) is 0.910. The maximum absolute atomic E-state index is 12.3. The number of aryl methyl sites for hydroxylation is 1. The van der Waals surface area contributed by atoms with E-state index in [-0.39, 0.29) is 28.6 Å². The topological polar surface area (TPSA) is 131 Å². The summed E-state index contributed by atoms with van der Waals surface area (Å²) in [6.45, 7) is 2.83. The third-order valence-electron chi connectivity index (χ3n) is 3.26. The van der Waals surface area contributed by atoms with E-state index in [0.717, 1.165) is 6.07 Å². The standard InChI is InChI=1S/C11H15NO7S2/c1-7-9(5-8(19-7)10(13)14)21(17,18)12-11(2)3-4-20(15,16)6-11/h5,12H,3-4,6H2,1-2H3,(H,13,14). The molecule has 0 aromatic carbocycles. The van der Waals surface area contributed by atoms with E-state index in [0.29, 0.717) is 0 Å². The van der Waals surface area contributed by atoms with Gasteiger partial charge in [0.15, 0.2) is 9.84 Å². The zero-order chi connectivity index (χ0) is 16.1. The molecule has 0 bridgehead atoms. The average molecular weight is 337 g/mol. The van der Waals surface area contributed by atoms with E-state index in [4.69, 9.17) is 9.52 Å². The van der Waals surface area contributed by atoms with Gasteiger partial charge in [-0.15, -0.1) is 0 Å². The third kappa shape index (κ3) is 3.27. The molecule has 0 aliphatic carbocycles. The van der Waals surface area contributed by atoms with Crippen LogP contribution in [-0.4, -0.2) is 45.0 Å². The molecule has 1 saturated heterocycles. The zero-order valence-electron chi connectivity index (χ0n) is 11.4. The zero-order valence-corrected chi connectivity index (χ0v) is 13.0. The van der Waals surface area contributed by atoms with Crippen LogP contribution in [0.25, 0.3) is 0 Å². The maximum atomic E-state index is 12.3. The molecule has 1 aliphatic rings. The minimum atomic E-state index is -4.07. The molecule has 1 unspecified atom stereocenters. The molecule has 2 rings (SSSR count). The highest BCUT2D eigenvalue weighted by atomic mass is 32.2. The van der Waals surface area contributed by atoms with E-state index in [2.05, 4.69) is 4.72 Å². The highest BCUT2D eigenvalue weighted by molar-refractivity contribution is 7.92. The summed E-state index contributed by atoms with van der Waals surface area (Å²) in [5, 5.41) is 8.80. The fourth-order valence-electron chi connectivity index (χ4n) is 2.31. The maximum Gasteiger partial charge on any atom is 0.371 e. The largest absolute Gasteiger partial charge is 0.475 e. The van der Waals surface area contributed by atoms with Crippen LogP contribution in [0.2, 0.25) is 0 Å². The van der Waals surface area contributed by atoms with Crippen molar-refractivity contribution in [2.24, 2.45) is 0 Å². The minimum Gasteiger partial charge on any atom is -0.475 e. The Morgan fingerprint density at radius 3 is 2.52 bits per heavy atom. The van der Waals surface area contributed by atoms with Crippen molar-refractivity contribution >= 4 is 25.8 Å². The van der Waals surface area contributed by atoms with Crippen molar-refractivity contribution in [1.29, 1.82) is 0 Å². The first-order chi connectivity index (χ1) is 9.44. The number of furan rings is 1. The lowest BCUT2D eigenvalue weighted by Gasteiger charge is -2.23. The molecule has 0 amide bonds. The van der Waals surface area contributed by atoms with E-state index in [9.17, 15) is 21.6 Å². The van der Waals surface area contributed by atoms with Gasteiger partial charge in [0, 0.05) is 11.6 Å². The number of rotatable bonds is 4. The molecular formula is C11H15NO7S2. The van der Waals surface area contributed by atoms with E-state index in [1.54, 1.807) is 0 Å². The number of carboxylic acids is 1. The molecule has 2 N–H and O–H groups in total. The Kier molecular flexibility index (Phi) is 3.67. The highest BCUT2D eigenvalue weighted by Crippen LogP contribution is 2.27. The molecule has 8 nitrogen and oxygen atoms in total. The van der Waals surface area contributed by atoms with Gasteiger partial charge in [-0.3, -0.25) is 0 Å². The molecule has 0 radical (unpaired) electrons. The Morgan fingerprint density at radius 2 is 2.10 bits per heavy atom. The summed E-state index contributed by atoms with van der Waals surface area (Å²) in [5.74, 6) is -2.31. The van der Waals surface area contributed by atoms with Crippen LogP contribution in [0.4, 0.5) is 0 Å². The minimum absolute atomic E-state index is 0.0654. The van der Waals surface area contributed by atoms with Gasteiger partial charge in [-0.2, -0.15) is 0 Å². The predicted molar refractivity (Wildman–Crippen MR) is 72.4 cm³/mol. The van der Waals surface area contributed by atoms with Crippen LogP contribution < -0.4 is 4.72 Å². The van der Waals surface area contributed by atoms with Gasteiger partial charge in [0.1, 0.15) is 10.7 Å². The molecule has 1 aromatic rings. The first kappa shape index (κ1) is 16.0. The molecule has 10 heteroatoms. The number of nitrogens with one attached hydrogen (secondary N) is 1. The molecule has 0 saturated carbocycles. The van der Waals surface area contributed by atoms with Gasteiger partial charge in [-0.25, -0.2) is 26.4 Å². The highest BCUT2D eigenvalue weighted by Gasteiger charge is 2.42. The second kappa shape index (κ2) is 4.82. The number of sulfone groups is 1. The lowest BCUT2D eigenvalue weighted by atomic mass is 10.0. The number of sulfonamides is 1. The third-order valence-corrected chi connectivity index (χ3v) is 6.91.